The maximum absolute atomic E-state index is 8.93. The van der Waals surface area contributed by atoms with Gasteiger partial charge in [-0.2, -0.15) is 0 Å². The lowest BCUT2D eigenvalue weighted by Gasteiger charge is -2.33. The molecule has 0 saturated heterocycles. The maximum Gasteiger partial charge on any atom is 0.0726 e. The van der Waals surface area contributed by atoms with Crippen LogP contribution in [0.15, 0.2) is 170 Å². The van der Waals surface area contributed by atoms with Crippen molar-refractivity contribution in [1.82, 2.24) is 0 Å². The van der Waals surface area contributed by atoms with E-state index in [0.717, 1.165) is 41.9 Å². The Morgan fingerprint density at radius 2 is 0.949 bits per heavy atom. The van der Waals surface area contributed by atoms with Crippen molar-refractivity contribution in [2.24, 2.45) is 0 Å². The van der Waals surface area contributed by atoms with Gasteiger partial charge in [-0.1, -0.05) is 165 Å². The fourth-order valence-corrected chi connectivity index (χ4v) is 11.2. The molecule has 0 bridgehead atoms. The number of aryl methyl sites for hydroxylation is 2. The van der Waals surface area contributed by atoms with Crippen LogP contribution < -0.4 is 4.90 Å². The smallest absolute Gasteiger partial charge is 0.0726 e. The molecule has 59 heavy (non-hydrogen) atoms. The lowest BCUT2D eigenvalue weighted by atomic mass is 9.70. The topological polar surface area (TPSA) is 3.24 Å². The summed E-state index contributed by atoms with van der Waals surface area (Å²) in [6.07, 6.45) is 3.04. The van der Waals surface area contributed by atoms with E-state index in [2.05, 4.69) is 202 Å². The first-order valence-corrected chi connectivity index (χ1v) is 21.4. The van der Waals surface area contributed by atoms with Crippen molar-refractivity contribution in [3.8, 4) is 44.5 Å². The predicted molar refractivity (Wildman–Crippen MR) is 246 cm³/mol. The SMILES string of the molecule is [2H]C1(c2ccc(-c3cccc(N(c4ccc5c(c4)C(C)(C)c4ccccc4-5)c4ccc5c(c4)C4(c6ccccc6-5)c5cc(C)ccc5-c5ccc(C)cc54)c3)cc2)CCC1. The van der Waals surface area contributed by atoms with Crippen LogP contribution in [0.5, 0.6) is 0 Å². The Hall–Kier alpha value is -6.44. The van der Waals surface area contributed by atoms with Crippen molar-refractivity contribution in [2.45, 2.75) is 63.7 Å². The van der Waals surface area contributed by atoms with Crippen LogP contribution in [-0.4, -0.2) is 0 Å². The highest BCUT2D eigenvalue weighted by molar-refractivity contribution is 5.97. The molecule has 0 atom stereocenters. The van der Waals surface area contributed by atoms with E-state index in [-0.39, 0.29) is 5.41 Å². The van der Waals surface area contributed by atoms with E-state index in [1.807, 2.05) is 0 Å². The number of hydrogen-bond donors (Lipinski definition) is 0. The maximum atomic E-state index is 8.93. The molecule has 8 aromatic carbocycles. The van der Waals surface area contributed by atoms with Gasteiger partial charge in [-0.05, 0) is 152 Å². The molecular formula is C58H47N. The Bertz CT molecular complexity index is 3040. The fourth-order valence-electron chi connectivity index (χ4n) is 11.2. The monoisotopic (exact) mass is 758 g/mol. The second kappa shape index (κ2) is 12.5. The Morgan fingerprint density at radius 1 is 0.441 bits per heavy atom. The zero-order valence-electron chi connectivity index (χ0n) is 35.2. The highest BCUT2D eigenvalue weighted by atomic mass is 15.1. The van der Waals surface area contributed by atoms with Gasteiger partial charge in [0.25, 0.3) is 0 Å². The average molecular weight is 759 g/mol. The highest BCUT2D eigenvalue weighted by Gasteiger charge is 2.52. The number of anilines is 3. The van der Waals surface area contributed by atoms with E-state index in [1.54, 1.807) is 0 Å². The number of hydrogen-bond acceptors (Lipinski definition) is 1. The van der Waals surface area contributed by atoms with Gasteiger partial charge in [0.2, 0.25) is 0 Å². The average Bonchev–Trinajstić information content (AvgIpc) is 3.80. The Kier molecular flexibility index (Phi) is 7.12. The summed E-state index contributed by atoms with van der Waals surface area (Å²) in [5.74, 6) is -0.430. The van der Waals surface area contributed by atoms with Gasteiger partial charge >= 0.3 is 0 Å². The molecule has 1 saturated carbocycles. The molecule has 0 radical (unpaired) electrons. The first-order valence-electron chi connectivity index (χ1n) is 21.9. The van der Waals surface area contributed by atoms with E-state index in [1.165, 1.54) is 89.0 Å². The third-order valence-corrected chi connectivity index (χ3v) is 14.2. The second-order valence-electron chi connectivity index (χ2n) is 17.9. The van der Waals surface area contributed by atoms with Crippen molar-refractivity contribution in [1.29, 1.82) is 0 Å². The fraction of sp³-hybridized carbons (Fsp3) is 0.172. The number of nitrogens with zero attached hydrogens (tertiary/aromatic N) is 1. The first kappa shape index (κ1) is 33.5. The van der Waals surface area contributed by atoms with Crippen LogP contribution >= 0.6 is 0 Å². The van der Waals surface area contributed by atoms with Gasteiger partial charge in [-0.25, -0.2) is 0 Å². The summed E-state index contributed by atoms with van der Waals surface area (Å²) in [7, 11) is 0. The molecule has 1 fully saturated rings. The summed E-state index contributed by atoms with van der Waals surface area (Å²) in [6.45, 7) is 9.20. The van der Waals surface area contributed by atoms with Crippen molar-refractivity contribution >= 4 is 17.1 Å². The summed E-state index contributed by atoms with van der Waals surface area (Å²) in [5, 5.41) is 0. The quantitative estimate of drug-likeness (QED) is 0.169. The van der Waals surface area contributed by atoms with Gasteiger partial charge < -0.3 is 4.90 Å². The first-order chi connectivity index (χ1) is 29.1. The van der Waals surface area contributed by atoms with E-state index >= 15 is 0 Å². The molecule has 0 N–H and O–H groups in total. The minimum atomic E-state index is -0.447. The minimum Gasteiger partial charge on any atom is -0.310 e. The molecule has 0 aromatic heterocycles. The van der Waals surface area contributed by atoms with Crippen LogP contribution in [0.3, 0.4) is 0 Å². The third kappa shape index (κ3) is 4.85. The zero-order valence-corrected chi connectivity index (χ0v) is 34.2. The highest BCUT2D eigenvalue weighted by Crippen LogP contribution is 2.64. The van der Waals surface area contributed by atoms with Gasteiger partial charge in [-0.3, -0.25) is 0 Å². The molecular weight excluding hydrogens is 711 g/mol. The standard InChI is InChI=1S/C58H47N/c1-36-19-27-48-49-28-20-37(2)32-55(49)58(54(48)31-36)52-18-8-6-16-46(52)50-30-26-44(35-56(50)58)59(43-25-29-47-45-15-5-7-17-51(45)57(3,4)53(47)34-43)42-14-10-13-41(33-42)40-23-21-39(22-24-40)38-11-9-12-38/h5-8,10,13-35,38H,9,11-12H2,1-4H3/i38D. The van der Waals surface area contributed by atoms with Gasteiger partial charge in [0.05, 0.1) is 5.41 Å². The van der Waals surface area contributed by atoms with Crippen molar-refractivity contribution in [3.05, 3.63) is 220 Å². The van der Waals surface area contributed by atoms with Crippen LogP contribution in [0.25, 0.3) is 44.5 Å². The molecule has 12 rings (SSSR count). The van der Waals surface area contributed by atoms with E-state index in [0.29, 0.717) is 0 Å². The van der Waals surface area contributed by atoms with Gasteiger partial charge in [0, 0.05) is 23.8 Å². The molecule has 4 aliphatic rings. The van der Waals surface area contributed by atoms with Crippen LogP contribution in [0, 0.1) is 13.8 Å². The Morgan fingerprint density at radius 3 is 1.58 bits per heavy atom. The molecule has 0 heterocycles. The van der Waals surface area contributed by atoms with Gasteiger partial charge in [0.1, 0.15) is 0 Å². The lowest BCUT2D eigenvalue weighted by Crippen LogP contribution is -2.26. The molecule has 284 valence electrons. The summed E-state index contributed by atoms with van der Waals surface area (Å²) in [4.78, 5) is 2.49. The van der Waals surface area contributed by atoms with E-state index in [4.69, 9.17) is 1.37 Å². The Labute approximate surface area is 350 Å². The van der Waals surface area contributed by atoms with E-state index in [9.17, 15) is 0 Å². The molecule has 8 aromatic rings. The molecule has 1 spiro atoms. The van der Waals surface area contributed by atoms with Crippen LogP contribution in [0.2, 0.25) is 0 Å². The number of rotatable bonds is 5. The Balaban J connectivity index is 1.09. The third-order valence-electron chi connectivity index (χ3n) is 14.2. The van der Waals surface area contributed by atoms with Crippen molar-refractivity contribution in [2.75, 3.05) is 4.90 Å². The van der Waals surface area contributed by atoms with Gasteiger partial charge in [0.15, 0.2) is 0 Å². The summed E-state index contributed by atoms with van der Waals surface area (Å²) in [6, 6.07) is 64.4. The minimum absolute atomic E-state index is 0.135. The van der Waals surface area contributed by atoms with Crippen LogP contribution in [-0.2, 0) is 10.8 Å². The van der Waals surface area contributed by atoms with Crippen LogP contribution in [0.1, 0.15) is 90.4 Å². The zero-order chi connectivity index (χ0) is 40.5. The lowest BCUT2D eigenvalue weighted by molar-refractivity contribution is 0.420. The van der Waals surface area contributed by atoms with Crippen LogP contribution in [0.4, 0.5) is 17.1 Å². The molecule has 0 unspecified atom stereocenters. The van der Waals surface area contributed by atoms with E-state index < -0.39 is 11.3 Å². The summed E-state index contributed by atoms with van der Waals surface area (Å²) in [5.41, 5.74) is 24.9. The molecule has 1 nitrogen and oxygen atoms in total. The largest absolute Gasteiger partial charge is 0.310 e. The normalized spacial score (nSPS) is 16.6. The van der Waals surface area contributed by atoms with Crippen molar-refractivity contribution in [3.63, 3.8) is 0 Å². The summed E-state index contributed by atoms with van der Waals surface area (Å²) >= 11 is 0. The summed E-state index contributed by atoms with van der Waals surface area (Å²) < 4.78 is 8.93. The molecule has 4 aliphatic carbocycles. The predicted octanol–water partition coefficient (Wildman–Crippen LogP) is 15.4. The van der Waals surface area contributed by atoms with Gasteiger partial charge in [-0.15, -0.1) is 0 Å². The molecule has 0 amide bonds. The molecule has 1 heteroatoms. The second-order valence-corrected chi connectivity index (χ2v) is 17.9. The van der Waals surface area contributed by atoms with Crippen molar-refractivity contribution < 1.29 is 1.37 Å². The number of benzene rings is 8. The number of fused-ring (bicyclic) bond motifs is 13. The molecule has 0 aliphatic heterocycles.